The van der Waals surface area contributed by atoms with Crippen molar-refractivity contribution in [1.82, 2.24) is 15.5 Å². The first-order valence-corrected chi connectivity index (χ1v) is 7.68. The number of aromatic nitrogens is 2. The first-order chi connectivity index (χ1) is 11.1. The van der Waals surface area contributed by atoms with Crippen LogP contribution in [0.5, 0.6) is 0 Å². The van der Waals surface area contributed by atoms with E-state index >= 15 is 0 Å². The maximum Gasteiger partial charge on any atom is 0.269 e. The van der Waals surface area contributed by atoms with E-state index in [0.717, 1.165) is 11.1 Å². The minimum Gasteiger partial charge on any atom is -0.344 e. The van der Waals surface area contributed by atoms with Gasteiger partial charge in [-0.3, -0.25) is 9.89 Å². The molecule has 0 aliphatic rings. The molecular weight excluding hydrogens is 310 g/mol. The summed E-state index contributed by atoms with van der Waals surface area (Å²) in [6.45, 7) is 1.95. The molecule has 0 bridgehead atoms. The second-order valence-corrected chi connectivity index (χ2v) is 5.72. The highest BCUT2D eigenvalue weighted by atomic mass is 35.5. The number of halogens is 1. The molecule has 0 saturated heterocycles. The Morgan fingerprint density at radius 1 is 1.13 bits per heavy atom. The number of benzene rings is 2. The fourth-order valence-corrected chi connectivity index (χ4v) is 2.52. The Kier molecular flexibility index (Phi) is 4.44. The number of carbonyl (C=O) groups is 1. The number of hydrogen-bond acceptors (Lipinski definition) is 2. The number of nitrogens with one attached hydrogen (secondary N) is 2. The smallest absolute Gasteiger partial charge is 0.269 e. The SMILES string of the molecule is C[C@@H](NC(=O)c1cc(-c2cccc(Cl)c2)n[nH]1)c1ccccc1. The summed E-state index contributed by atoms with van der Waals surface area (Å²) in [5.41, 5.74) is 3.02. The number of nitrogens with zero attached hydrogens (tertiary/aromatic N) is 1. The van der Waals surface area contributed by atoms with Gasteiger partial charge in [0.25, 0.3) is 5.91 Å². The molecule has 1 aromatic heterocycles. The molecule has 5 heteroatoms. The lowest BCUT2D eigenvalue weighted by atomic mass is 10.1. The van der Waals surface area contributed by atoms with E-state index in [2.05, 4.69) is 15.5 Å². The zero-order valence-electron chi connectivity index (χ0n) is 12.6. The third kappa shape index (κ3) is 3.60. The molecule has 1 amide bonds. The van der Waals surface area contributed by atoms with Crippen LogP contribution in [0.1, 0.15) is 29.0 Å². The van der Waals surface area contributed by atoms with Gasteiger partial charge in [-0.1, -0.05) is 54.1 Å². The number of hydrogen-bond donors (Lipinski definition) is 2. The minimum absolute atomic E-state index is 0.0818. The number of carbonyl (C=O) groups excluding carboxylic acids is 1. The first-order valence-electron chi connectivity index (χ1n) is 7.30. The Bertz CT molecular complexity index is 814. The van der Waals surface area contributed by atoms with Gasteiger partial charge in [-0.25, -0.2) is 0 Å². The lowest BCUT2D eigenvalue weighted by Gasteiger charge is -2.13. The molecule has 0 spiro atoms. The van der Waals surface area contributed by atoms with Gasteiger partial charge in [0.2, 0.25) is 0 Å². The highest BCUT2D eigenvalue weighted by molar-refractivity contribution is 6.30. The maximum atomic E-state index is 12.3. The Morgan fingerprint density at radius 2 is 1.91 bits per heavy atom. The largest absolute Gasteiger partial charge is 0.344 e. The fraction of sp³-hybridized carbons (Fsp3) is 0.111. The molecular formula is C18H16ClN3O. The van der Waals surface area contributed by atoms with Gasteiger partial charge in [0.1, 0.15) is 5.69 Å². The van der Waals surface area contributed by atoms with Crippen LogP contribution >= 0.6 is 11.6 Å². The molecule has 1 atom stereocenters. The highest BCUT2D eigenvalue weighted by Crippen LogP contribution is 2.21. The second-order valence-electron chi connectivity index (χ2n) is 5.28. The predicted molar refractivity (Wildman–Crippen MR) is 91.4 cm³/mol. The molecule has 4 nitrogen and oxygen atoms in total. The number of H-pyrrole nitrogens is 1. The standard InChI is InChI=1S/C18H16ClN3O/c1-12(13-6-3-2-4-7-13)20-18(23)17-11-16(21-22-17)14-8-5-9-15(19)10-14/h2-12H,1H3,(H,20,23)(H,21,22)/t12-/m1/s1. The zero-order chi connectivity index (χ0) is 16.2. The van der Waals surface area contributed by atoms with Crippen LogP contribution in [0.4, 0.5) is 0 Å². The van der Waals surface area contributed by atoms with Gasteiger partial charge in [-0.15, -0.1) is 0 Å². The monoisotopic (exact) mass is 325 g/mol. The van der Waals surface area contributed by atoms with Gasteiger partial charge >= 0.3 is 0 Å². The molecule has 0 aliphatic heterocycles. The zero-order valence-corrected chi connectivity index (χ0v) is 13.3. The molecule has 0 aliphatic carbocycles. The van der Waals surface area contributed by atoms with E-state index in [1.165, 1.54) is 0 Å². The molecule has 1 heterocycles. The fourth-order valence-electron chi connectivity index (χ4n) is 2.33. The van der Waals surface area contributed by atoms with E-state index in [1.807, 2.05) is 55.5 Å². The van der Waals surface area contributed by atoms with Crippen LogP contribution in [-0.2, 0) is 0 Å². The van der Waals surface area contributed by atoms with Crippen molar-refractivity contribution in [1.29, 1.82) is 0 Å². The molecule has 2 N–H and O–H groups in total. The number of aromatic amines is 1. The molecule has 0 unspecified atom stereocenters. The van der Waals surface area contributed by atoms with Crippen molar-refractivity contribution in [3.63, 3.8) is 0 Å². The minimum atomic E-state index is -0.192. The summed E-state index contributed by atoms with van der Waals surface area (Å²) in [6, 6.07) is 18.8. The van der Waals surface area contributed by atoms with Gasteiger partial charge in [0.05, 0.1) is 11.7 Å². The average molecular weight is 326 g/mol. The van der Waals surface area contributed by atoms with Crippen molar-refractivity contribution < 1.29 is 4.79 Å². The van der Waals surface area contributed by atoms with E-state index in [0.29, 0.717) is 16.4 Å². The van der Waals surface area contributed by atoms with Gasteiger partial charge < -0.3 is 5.32 Å². The van der Waals surface area contributed by atoms with E-state index in [4.69, 9.17) is 11.6 Å². The van der Waals surface area contributed by atoms with Crippen LogP contribution in [0.15, 0.2) is 60.7 Å². The number of rotatable bonds is 4. The van der Waals surface area contributed by atoms with Crippen LogP contribution in [0.3, 0.4) is 0 Å². The lowest BCUT2D eigenvalue weighted by molar-refractivity contribution is 0.0935. The highest BCUT2D eigenvalue weighted by Gasteiger charge is 2.14. The Balaban J connectivity index is 1.74. The third-order valence-corrected chi connectivity index (χ3v) is 3.83. The van der Waals surface area contributed by atoms with Crippen LogP contribution in [0.2, 0.25) is 5.02 Å². The summed E-state index contributed by atoms with van der Waals surface area (Å²) in [5.74, 6) is -0.192. The van der Waals surface area contributed by atoms with Gasteiger partial charge in [0.15, 0.2) is 0 Å². The average Bonchev–Trinajstić information content (AvgIpc) is 3.06. The molecule has 3 rings (SSSR count). The van der Waals surface area contributed by atoms with Crippen molar-refractivity contribution in [2.75, 3.05) is 0 Å². The van der Waals surface area contributed by atoms with E-state index in [-0.39, 0.29) is 11.9 Å². The molecule has 3 aromatic rings. The molecule has 116 valence electrons. The first kappa shape index (κ1) is 15.3. The van der Waals surface area contributed by atoms with Crippen molar-refractivity contribution in [3.8, 4) is 11.3 Å². The van der Waals surface area contributed by atoms with Gasteiger partial charge in [-0.2, -0.15) is 5.10 Å². The summed E-state index contributed by atoms with van der Waals surface area (Å²) in [6.07, 6.45) is 0. The van der Waals surface area contributed by atoms with Gasteiger partial charge in [0, 0.05) is 10.6 Å². The lowest BCUT2D eigenvalue weighted by Crippen LogP contribution is -2.26. The van der Waals surface area contributed by atoms with Crippen molar-refractivity contribution in [2.45, 2.75) is 13.0 Å². The van der Waals surface area contributed by atoms with E-state index < -0.39 is 0 Å². The van der Waals surface area contributed by atoms with Crippen LogP contribution in [0.25, 0.3) is 11.3 Å². The summed E-state index contributed by atoms with van der Waals surface area (Å²) < 4.78 is 0. The van der Waals surface area contributed by atoms with E-state index in [1.54, 1.807) is 12.1 Å². The Labute approximate surface area is 139 Å². The summed E-state index contributed by atoms with van der Waals surface area (Å²) >= 11 is 5.98. The summed E-state index contributed by atoms with van der Waals surface area (Å²) in [4.78, 5) is 12.3. The molecule has 0 saturated carbocycles. The predicted octanol–water partition coefficient (Wildman–Crippen LogP) is 4.22. The van der Waals surface area contributed by atoms with Gasteiger partial charge in [-0.05, 0) is 30.7 Å². The van der Waals surface area contributed by atoms with Crippen LogP contribution in [0, 0.1) is 0 Å². The molecule has 0 radical (unpaired) electrons. The quantitative estimate of drug-likeness (QED) is 0.754. The molecule has 2 aromatic carbocycles. The maximum absolute atomic E-state index is 12.3. The van der Waals surface area contributed by atoms with Crippen molar-refractivity contribution >= 4 is 17.5 Å². The summed E-state index contributed by atoms with van der Waals surface area (Å²) in [7, 11) is 0. The number of amides is 1. The van der Waals surface area contributed by atoms with Crippen molar-refractivity contribution in [2.24, 2.45) is 0 Å². The Hall–Kier alpha value is -2.59. The Morgan fingerprint density at radius 3 is 2.65 bits per heavy atom. The van der Waals surface area contributed by atoms with Crippen molar-refractivity contribution in [3.05, 3.63) is 76.9 Å². The van der Waals surface area contributed by atoms with Crippen LogP contribution in [-0.4, -0.2) is 16.1 Å². The second kappa shape index (κ2) is 6.67. The van der Waals surface area contributed by atoms with E-state index in [9.17, 15) is 4.79 Å². The summed E-state index contributed by atoms with van der Waals surface area (Å²) in [5, 5.41) is 10.5. The topological polar surface area (TPSA) is 57.8 Å². The normalized spacial score (nSPS) is 11.9. The molecule has 0 fully saturated rings. The van der Waals surface area contributed by atoms with Crippen LogP contribution < -0.4 is 5.32 Å². The molecule has 23 heavy (non-hydrogen) atoms. The third-order valence-electron chi connectivity index (χ3n) is 3.59.